The van der Waals surface area contributed by atoms with Crippen molar-refractivity contribution in [2.24, 2.45) is 5.16 Å². The van der Waals surface area contributed by atoms with Crippen LogP contribution in [0.1, 0.15) is 13.3 Å². The molecular formula is C19H18Cl2N2O5S. The van der Waals surface area contributed by atoms with E-state index in [-0.39, 0.29) is 30.2 Å². The molecule has 1 unspecified atom stereocenters. The maximum absolute atomic E-state index is 13.3. The van der Waals surface area contributed by atoms with E-state index in [1.165, 1.54) is 28.6 Å². The van der Waals surface area contributed by atoms with E-state index in [9.17, 15) is 13.2 Å². The zero-order valence-electron chi connectivity index (χ0n) is 15.4. The Morgan fingerprint density at radius 1 is 1.14 bits per heavy atom. The normalized spacial score (nSPS) is 16.1. The Kier molecular flexibility index (Phi) is 6.66. The molecule has 3 rings (SSSR count). The minimum absolute atomic E-state index is 0.0566. The zero-order chi connectivity index (χ0) is 21.0. The van der Waals surface area contributed by atoms with Crippen LogP contribution < -0.4 is 4.31 Å². The lowest BCUT2D eigenvalue weighted by atomic mass is 10.2. The summed E-state index contributed by atoms with van der Waals surface area (Å²) < 4.78 is 32.7. The van der Waals surface area contributed by atoms with Crippen LogP contribution in [0, 0.1) is 0 Å². The minimum Gasteiger partial charge on any atom is -0.461 e. The lowest BCUT2D eigenvalue weighted by molar-refractivity contribution is -0.135. The Bertz CT molecular complexity index is 1010. The van der Waals surface area contributed by atoms with Crippen molar-refractivity contribution in [3.8, 4) is 0 Å². The van der Waals surface area contributed by atoms with Crippen LogP contribution in [0.25, 0.3) is 0 Å². The van der Waals surface area contributed by atoms with Crippen LogP contribution in [0.2, 0.25) is 10.0 Å². The number of carbonyl (C=O) groups is 1. The van der Waals surface area contributed by atoms with E-state index in [0.29, 0.717) is 15.7 Å². The SMILES string of the molecule is CCOC(=O)C1=NOC(CN(c2ccc(Cl)cc2)S(=O)(=O)c2ccc(Cl)cc2)C1. The fraction of sp³-hybridized carbons (Fsp3) is 0.263. The number of hydrogen-bond acceptors (Lipinski definition) is 6. The van der Waals surface area contributed by atoms with Gasteiger partial charge in [0.15, 0.2) is 11.8 Å². The van der Waals surface area contributed by atoms with Crippen LogP contribution in [-0.4, -0.2) is 39.4 Å². The zero-order valence-corrected chi connectivity index (χ0v) is 17.7. The molecule has 154 valence electrons. The first-order valence-electron chi connectivity index (χ1n) is 8.75. The molecule has 0 amide bonds. The van der Waals surface area contributed by atoms with Gasteiger partial charge in [-0.3, -0.25) is 4.31 Å². The summed E-state index contributed by atoms with van der Waals surface area (Å²) in [6.45, 7) is 1.84. The number of halogens is 2. The number of carbonyl (C=O) groups excluding carboxylic acids is 1. The first kappa shape index (κ1) is 21.4. The van der Waals surface area contributed by atoms with Crippen molar-refractivity contribution in [2.75, 3.05) is 17.5 Å². The lowest BCUT2D eigenvalue weighted by Crippen LogP contribution is -2.38. The van der Waals surface area contributed by atoms with Gasteiger partial charge >= 0.3 is 5.97 Å². The Balaban J connectivity index is 1.88. The molecule has 1 atom stereocenters. The molecule has 0 aromatic heterocycles. The highest BCUT2D eigenvalue weighted by Crippen LogP contribution is 2.28. The maximum atomic E-state index is 13.3. The average Bonchev–Trinajstić information content (AvgIpc) is 3.16. The van der Waals surface area contributed by atoms with Crippen molar-refractivity contribution in [3.05, 3.63) is 58.6 Å². The number of oxime groups is 1. The molecule has 0 N–H and O–H groups in total. The van der Waals surface area contributed by atoms with Gasteiger partial charge in [-0.25, -0.2) is 13.2 Å². The van der Waals surface area contributed by atoms with Crippen molar-refractivity contribution in [1.29, 1.82) is 0 Å². The van der Waals surface area contributed by atoms with Crippen LogP contribution in [0.5, 0.6) is 0 Å². The molecule has 0 saturated heterocycles. The number of benzene rings is 2. The van der Waals surface area contributed by atoms with Crippen LogP contribution in [0.15, 0.2) is 58.6 Å². The van der Waals surface area contributed by atoms with E-state index < -0.39 is 22.1 Å². The summed E-state index contributed by atoms with van der Waals surface area (Å²) in [6, 6.07) is 12.2. The van der Waals surface area contributed by atoms with E-state index in [2.05, 4.69) is 5.16 Å². The number of hydrogen-bond donors (Lipinski definition) is 0. The molecule has 1 aliphatic heterocycles. The Morgan fingerprint density at radius 2 is 1.72 bits per heavy atom. The monoisotopic (exact) mass is 456 g/mol. The number of esters is 1. The van der Waals surface area contributed by atoms with Crippen LogP contribution in [-0.2, 0) is 24.4 Å². The maximum Gasteiger partial charge on any atom is 0.356 e. The van der Waals surface area contributed by atoms with Gasteiger partial charge in [0.05, 0.1) is 23.7 Å². The van der Waals surface area contributed by atoms with Gasteiger partial charge in [-0.05, 0) is 55.5 Å². The molecule has 29 heavy (non-hydrogen) atoms. The van der Waals surface area contributed by atoms with Gasteiger partial charge in [0, 0.05) is 16.5 Å². The van der Waals surface area contributed by atoms with Crippen molar-refractivity contribution < 1.29 is 22.8 Å². The first-order valence-corrected chi connectivity index (χ1v) is 10.9. The fourth-order valence-corrected chi connectivity index (χ4v) is 4.48. The second-order valence-electron chi connectivity index (χ2n) is 6.16. The van der Waals surface area contributed by atoms with Crippen molar-refractivity contribution in [3.63, 3.8) is 0 Å². The predicted molar refractivity (Wildman–Crippen MR) is 111 cm³/mol. The highest BCUT2D eigenvalue weighted by Gasteiger charge is 2.33. The van der Waals surface area contributed by atoms with Gasteiger partial charge in [0.2, 0.25) is 0 Å². The first-order chi connectivity index (χ1) is 13.8. The molecule has 10 heteroatoms. The molecule has 0 radical (unpaired) electrons. The smallest absolute Gasteiger partial charge is 0.356 e. The Morgan fingerprint density at radius 3 is 2.31 bits per heavy atom. The summed E-state index contributed by atoms with van der Waals surface area (Å²) in [5, 5.41) is 4.64. The molecular weight excluding hydrogens is 439 g/mol. The molecule has 2 aromatic rings. The second-order valence-corrected chi connectivity index (χ2v) is 8.89. The summed E-state index contributed by atoms with van der Waals surface area (Å²) in [5.41, 5.74) is 0.523. The lowest BCUT2D eigenvalue weighted by Gasteiger charge is -2.26. The summed E-state index contributed by atoms with van der Waals surface area (Å²) in [6.07, 6.45) is -0.508. The van der Waals surface area contributed by atoms with Crippen LogP contribution in [0.4, 0.5) is 5.69 Å². The minimum atomic E-state index is -3.93. The molecule has 0 bridgehead atoms. The van der Waals surface area contributed by atoms with E-state index in [0.717, 1.165) is 0 Å². The van der Waals surface area contributed by atoms with E-state index in [1.807, 2.05) is 0 Å². The molecule has 2 aromatic carbocycles. The fourth-order valence-electron chi connectivity index (χ4n) is 2.73. The quantitative estimate of drug-likeness (QED) is 0.589. The van der Waals surface area contributed by atoms with Gasteiger partial charge in [-0.2, -0.15) is 0 Å². The third kappa shape index (κ3) is 5.01. The van der Waals surface area contributed by atoms with Crippen molar-refractivity contribution >= 4 is 50.6 Å². The topological polar surface area (TPSA) is 85.3 Å². The highest BCUT2D eigenvalue weighted by atomic mass is 35.5. The molecule has 1 aliphatic rings. The van der Waals surface area contributed by atoms with Gasteiger partial charge in [0.1, 0.15) is 0 Å². The van der Waals surface area contributed by atoms with Crippen molar-refractivity contribution in [1.82, 2.24) is 0 Å². The molecule has 7 nitrogen and oxygen atoms in total. The molecule has 1 heterocycles. The van der Waals surface area contributed by atoms with Gasteiger partial charge < -0.3 is 9.57 Å². The third-order valence-electron chi connectivity index (χ3n) is 4.13. The number of nitrogens with zero attached hydrogens (tertiary/aromatic N) is 2. The summed E-state index contributed by atoms with van der Waals surface area (Å²) >= 11 is 11.8. The van der Waals surface area contributed by atoms with Crippen LogP contribution in [0.3, 0.4) is 0 Å². The van der Waals surface area contributed by atoms with E-state index >= 15 is 0 Å². The van der Waals surface area contributed by atoms with Gasteiger partial charge in [-0.15, -0.1) is 0 Å². The molecule has 0 saturated carbocycles. The van der Waals surface area contributed by atoms with Gasteiger partial charge in [-0.1, -0.05) is 28.4 Å². The number of ether oxygens (including phenoxy) is 1. The molecule has 0 spiro atoms. The Hall–Kier alpha value is -2.29. The number of rotatable bonds is 7. The standard InChI is InChI=1S/C19H18Cl2N2O5S/c1-2-27-19(24)18-11-16(28-22-18)12-23(15-7-3-13(20)4-8-15)29(25,26)17-9-5-14(21)6-10-17/h3-10,16H,2,11-12H2,1H3. The summed E-state index contributed by atoms with van der Waals surface area (Å²) in [7, 11) is -3.93. The largest absolute Gasteiger partial charge is 0.461 e. The van der Waals surface area contributed by atoms with Crippen molar-refractivity contribution in [2.45, 2.75) is 24.3 Å². The Labute approximate surface area is 178 Å². The number of sulfonamides is 1. The summed E-state index contributed by atoms with van der Waals surface area (Å²) in [5.74, 6) is -0.575. The third-order valence-corrected chi connectivity index (χ3v) is 6.44. The second kappa shape index (κ2) is 9.02. The van der Waals surface area contributed by atoms with E-state index in [4.69, 9.17) is 32.8 Å². The molecule has 0 fully saturated rings. The average molecular weight is 457 g/mol. The predicted octanol–water partition coefficient (Wildman–Crippen LogP) is 3.90. The molecule has 0 aliphatic carbocycles. The summed E-state index contributed by atoms with van der Waals surface area (Å²) in [4.78, 5) is 17.2. The van der Waals surface area contributed by atoms with Crippen LogP contribution >= 0.6 is 23.2 Å². The van der Waals surface area contributed by atoms with Gasteiger partial charge in [0.25, 0.3) is 10.0 Å². The number of anilines is 1. The highest BCUT2D eigenvalue weighted by molar-refractivity contribution is 7.92. The van der Waals surface area contributed by atoms with E-state index in [1.54, 1.807) is 31.2 Å².